The number of carbonyl (C=O) groups excluding carboxylic acids is 2. The van der Waals surface area contributed by atoms with Gasteiger partial charge in [0, 0.05) is 38.3 Å². The number of nitrogens with zero attached hydrogens (tertiary/aromatic N) is 3. The Morgan fingerprint density at radius 1 is 1.19 bits per heavy atom. The summed E-state index contributed by atoms with van der Waals surface area (Å²) in [5.41, 5.74) is 3.38. The third-order valence-corrected chi connectivity index (χ3v) is 5.53. The molecule has 1 saturated heterocycles. The van der Waals surface area contributed by atoms with Crippen molar-refractivity contribution in [1.82, 2.24) is 14.8 Å². The van der Waals surface area contributed by atoms with Crippen LogP contribution in [0, 0.1) is 0 Å². The molecule has 1 aromatic rings. The zero-order valence-electron chi connectivity index (χ0n) is 15.6. The molecule has 0 spiro atoms. The lowest BCUT2D eigenvalue weighted by atomic mass is 10.0. The van der Waals surface area contributed by atoms with Gasteiger partial charge in [0.05, 0.1) is 0 Å². The van der Waals surface area contributed by atoms with E-state index in [0.717, 1.165) is 30.6 Å². The smallest absolute Gasteiger partial charge is 0.246 e. The molecule has 0 saturated carbocycles. The lowest BCUT2D eigenvalue weighted by Gasteiger charge is -2.27. The van der Waals surface area contributed by atoms with E-state index in [1.807, 2.05) is 17.0 Å². The van der Waals surface area contributed by atoms with E-state index in [1.165, 1.54) is 31.5 Å². The summed E-state index contributed by atoms with van der Waals surface area (Å²) in [6.07, 6.45) is 12.1. The van der Waals surface area contributed by atoms with Gasteiger partial charge < -0.3 is 10.2 Å². The minimum atomic E-state index is 0.00993. The van der Waals surface area contributed by atoms with Gasteiger partial charge in [-0.25, -0.2) is 4.98 Å². The molecule has 0 bridgehead atoms. The molecule has 0 aromatic carbocycles. The Labute approximate surface area is 159 Å². The first-order chi connectivity index (χ1) is 13.2. The lowest BCUT2D eigenvalue weighted by Crippen LogP contribution is -2.35. The number of anilines is 1. The highest BCUT2D eigenvalue weighted by Gasteiger charge is 2.19. The highest BCUT2D eigenvalue weighted by Crippen LogP contribution is 2.21. The third kappa shape index (κ3) is 4.45. The van der Waals surface area contributed by atoms with Gasteiger partial charge in [0.1, 0.15) is 5.82 Å². The highest BCUT2D eigenvalue weighted by molar-refractivity contribution is 5.94. The average Bonchev–Trinajstić information content (AvgIpc) is 3.19. The average molecular weight is 366 g/mol. The van der Waals surface area contributed by atoms with Crippen LogP contribution in [-0.4, -0.2) is 59.3 Å². The monoisotopic (exact) mass is 366 g/mol. The van der Waals surface area contributed by atoms with Gasteiger partial charge in [-0.15, -0.1) is 0 Å². The zero-order chi connectivity index (χ0) is 18.6. The molecular weight excluding hydrogens is 340 g/mol. The molecule has 4 rings (SSSR count). The first-order valence-corrected chi connectivity index (χ1v) is 9.83. The molecule has 0 radical (unpaired) electrons. The molecule has 1 N–H and O–H groups in total. The zero-order valence-corrected chi connectivity index (χ0v) is 15.6. The van der Waals surface area contributed by atoms with Gasteiger partial charge in [-0.05, 0) is 62.0 Å². The second-order valence-corrected chi connectivity index (χ2v) is 7.54. The van der Waals surface area contributed by atoms with Gasteiger partial charge >= 0.3 is 0 Å². The van der Waals surface area contributed by atoms with Crippen molar-refractivity contribution in [2.75, 3.05) is 38.0 Å². The largest absolute Gasteiger partial charge is 0.335 e. The number of likely N-dealkylation sites (tertiary alicyclic amines) is 1. The minimum Gasteiger partial charge on any atom is -0.335 e. The van der Waals surface area contributed by atoms with Crippen LogP contribution in [0.25, 0.3) is 6.08 Å². The number of rotatable bonds is 4. The Balaban J connectivity index is 1.32. The molecule has 3 aliphatic rings. The Morgan fingerprint density at radius 2 is 2.04 bits per heavy atom. The second-order valence-electron chi connectivity index (χ2n) is 7.54. The standard InChI is InChI=1S/C21H26N4O2/c26-19-5-4-18-13-17(14-22-21(18)23-19)3-6-20(27)25-11-7-16(8-12-25)15-24-9-1-2-10-24/h3,6-7,13-14H,1-2,4-5,8-12,15H2,(H,22,23,26)/b6-3+. The van der Waals surface area contributed by atoms with Crippen LogP contribution in [0.5, 0.6) is 0 Å². The van der Waals surface area contributed by atoms with Crippen molar-refractivity contribution < 1.29 is 9.59 Å². The van der Waals surface area contributed by atoms with E-state index in [1.54, 1.807) is 12.3 Å². The number of hydrogen-bond acceptors (Lipinski definition) is 4. The van der Waals surface area contributed by atoms with Crippen LogP contribution in [0.4, 0.5) is 5.82 Å². The maximum atomic E-state index is 12.5. The quantitative estimate of drug-likeness (QED) is 0.656. The van der Waals surface area contributed by atoms with Crippen molar-refractivity contribution in [3.05, 3.63) is 41.1 Å². The molecule has 27 heavy (non-hydrogen) atoms. The van der Waals surface area contributed by atoms with Crippen LogP contribution in [0.2, 0.25) is 0 Å². The lowest BCUT2D eigenvalue weighted by molar-refractivity contribution is -0.125. The molecule has 1 fully saturated rings. The summed E-state index contributed by atoms with van der Waals surface area (Å²) >= 11 is 0. The van der Waals surface area contributed by atoms with Crippen LogP contribution in [0.3, 0.4) is 0 Å². The van der Waals surface area contributed by atoms with Gasteiger partial charge in [0.25, 0.3) is 0 Å². The van der Waals surface area contributed by atoms with Crippen LogP contribution in [0.1, 0.15) is 36.8 Å². The van der Waals surface area contributed by atoms with Gasteiger partial charge in [-0.2, -0.15) is 0 Å². The summed E-state index contributed by atoms with van der Waals surface area (Å²) in [5, 5.41) is 2.77. The molecule has 0 aliphatic carbocycles. The number of aromatic nitrogens is 1. The van der Waals surface area contributed by atoms with E-state index in [9.17, 15) is 9.59 Å². The van der Waals surface area contributed by atoms with E-state index >= 15 is 0 Å². The first-order valence-electron chi connectivity index (χ1n) is 9.83. The Hall–Kier alpha value is -2.47. The normalized spacial score (nSPS) is 20.5. The maximum Gasteiger partial charge on any atom is 0.246 e. The highest BCUT2D eigenvalue weighted by atomic mass is 16.2. The van der Waals surface area contributed by atoms with Crippen LogP contribution >= 0.6 is 0 Å². The summed E-state index contributed by atoms with van der Waals surface area (Å²) in [7, 11) is 0. The molecule has 0 atom stereocenters. The fourth-order valence-corrected chi connectivity index (χ4v) is 3.92. The van der Waals surface area contributed by atoms with Crippen molar-refractivity contribution in [3.8, 4) is 0 Å². The van der Waals surface area contributed by atoms with Gasteiger partial charge in [0.2, 0.25) is 11.8 Å². The molecule has 3 aliphatic heterocycles. The summed E-state index contributed by atoms with van der Waals surface area (Å²) in [6.45, 7) is 4.97. The first kappa shape index (κ1) is 17.9. The molecule has 4 heterocycles. The Bertz CT molecular complexity index is 793. The molecule has 0 unspecified atom stereocenters. The van der Waals surface area contributed by atoms with Crippen molar-refractivity contribution >= 4 is 23.7 Å². The number of nitrogens with one attached hydrogen (secondary N) is 1. The fraction of sp³-hybridized carbons (Fsp3) is 0.476. The Kier molecular flexibility index (Phi) is 5.34. The number of aryl methyl sites for hydroxylation is 1. The van der Waals surface area contributed by atoms with Gasteiger partial charge in [-0.1, -0.05) is 11.6 Å². The molecule has 142 valence electrons. The van der Waals surface area contributed by atoms with Crippen molar-refractivity contribution in [2.24, 2.45) is 0 Å². The molecule has 1 aromatic heterocycles. The van der Waals surface area contributed by atoms with Crippen molar-refractivity contribution in [2.45, 2.75) is 32.1 Å². The van der Waals surface area contributed by atoms with Gasteiger partial charge in [-0.3, -0.25) is 14.5 Å². The van der Waals surface area contributed by atoms with Crippen LogP contribution in [0.15, 0.2) is 30.0 Å². The van der Waals surface area contributed by atoms with E-state index < -0.39 is 0 Å². The van der Waals surface area contributed by atoms with E-state index in [2.05, 4.69) is 21.3 Å². The summed E-state index contributed by atoms with van der Waals surface area (Å²) in [6, 6.07) is 2.00. The molecular formula is C21H26N4O2. The van der Waals surface area contributed by atoms with Crippen LogP contribution in [-0.2, 0) is 16.0 Å². The molecule has 2 amide bonds. The van der Waals surface area contributed by atoms with Crippen molar-refractivity contribution in [1.29, 1.82) is 0 Å². The summed E-state index contributed by atoms with van der Waals surface area (Å²) in [4.78, 5) is 32.6. The topological polar surface area (TPSA) is 65.5 Å². The maximum absolute atomic E-state index is 12.5. The summed E-state index contributed by atoms with van der Waals surface area (Å²) < 4.78 is 0. The minimum absolute atomic E-state index is 0.00993. The predicted molar refractivity (Wildman–Crippen MR) is 105 cm³/mol. The number of fused-ring (bicyclic) bond motifs is 1. The SMILES string of the molecule is O=C1CCc2cc(/C=C/C(=O)N3CC=C(CN4CCCC4)CC3)cnc2N1. The molecule has 6 nitrogen and oxygen atoms in total. The summed E-state index contributed by atoms with van der Waals surface area (Å²) in [5.74, 6) is 0.689. The number of pyridine rings is 1. The number of hydrogen-bond donors (Lipinski definition) is 1. The Morgan fingerprint density at radius 3 is 2.81 bits per heavy atom. The third-order valence-electron chi connectivity index (χ3n) is 5.53. The molecule has 6 heteroatoms. The predicted octanol–water partition coefficient (Wildman–Crippen LogP) is 2.23. The van der Waals surface area contributed by atoms with E-state index in [0.29, 0.717) is 25.2 Å². The number of carbonyl (C=O) groups is 2. The van der Waals surface area contributed by atoms with Crippen molar-refractivity contribution in [3.63, 3.8) is 0 Å². The van der Waals surface area contributed by atoms with E-state index in [-0.39, 0.29) is 11.8 Å². The second kappa shape index (κ2) is 8.05. The number of amides is 2. The van der Waals surface area contributed by atoms with Gasteiger partial charge in [0.15, 0.2) is 0 Å². The fourth-order valence-electron chi connectivity index (χ4n) is 3.92. The van der Waals surface area contributed by atoms with E-state index in [4.69, 9.17) is 0 Å². The van der Waals surface area contributed by atoms with Crippen LogP contribution < -0.4 is 5.32 Å².